The highest BCUT2D eigenvalue weighted by Gasteiger charge is 2.14. The molecule has 0 amide bonds. The Morgan fingerprint density at radius 2 is 1.62 bits per heavy atom. The summed E-state index contributed by atoms with van der Waals surface area (Å²) >= 11 is 0. The van der Waals surface area contributed by atoms with Crippen LogP contribution in [0.2, 0.25) is 0 Å². The molecule has 0 aliphatic rings. The van der Waals surface area contributed by atoms with Crippen molar-refractivity contribution in [2.45, 2.75) is 31.6 Å². The van der Waals surface area contributed by atoms with Crippen LogP contribution in [0.25, 0.3) is 0 Å². The molecule has 21 heavy (non-hydrogen) atoms. The number of hydrogen-bond donors (Lipinski definition) is 0. The zero-order valence-electron chi connectivity index (χ0n) is 12.3. The first-order chi connectivity index (χ1) is 10.0. The predicted octanol–water partition coefficient (Wildman–Crippen LogP) is 3.97. The third kappa shape index (κ3) is 4.02. The van der Waals surface area contributed by atoms with Gasteiger partial charge in [0, 0.05) is 0 Å². The van der Waals surface area contributed by atoms with Crippen molar-refractivity contribution in [2.24, 2.45) is 4.40 Å². The Bertz CT molecular complexity index is 717. The van der Waals surface area contributed by atoms with Crippen molar-refractivity contribution >= 4 is 15.7 Å². The Morgan fingerprint density at radius 1 is 1.00 bits per heavy atom. The minimum absolute atomic E-state index is 0.234. The van der Waals surface area contributed by atoms with Crippen LogP contribution in [0.5, 0.6) is 0 Å². The third-order valence-electron chi connectivity index (χ3n) is 3.14. The minimum Gasteiger partial charge on any atom is -0.199 e. The summed E-state index contributed by atoms with van der Waals surface area (Å²) < 4.78 is 28.9. The molecule has 0 aromatic heterocycles. The van der Waals surface area contributed by atoms with Crippen LogP contribution in [0, 0.1) is 6.92 Å². The first-order valence-electron chi connectivity index (χ1n) is 6.99. The molecular weight excluding hydrogens is 282 g/mol. The van der Waals surface area contributed by atoms with E-state index in [-0.39, 0.29) is 4.90 Å². The van der Waals surface area contributed by atoms with Crippen molar-refractivity contribution < 1.29 is 8.42 Å². The molecular formula is C17H19NO2S. The van der Waals surface area contributed by atoms with E-state index in [1.165, 1.54) is 0 Å². The van der Waals surface area contributed by atoms with Gasteiger partial charge in [-0.05, 0) is 31.0 Å². The lowest BCUT2D eigenvalue weighted by Crippen LogP contribution is -2.06. The van der Waals surface area contributed by atoms with Crippen LogP contribution >= 0.6 is 0 Å². The van der Waals surface area contributed by atoms with Gasteiger partial charge in [-0.15, -0.1) is 0 Å². The fourth-order valence-electron chi connectivity index (χ4n) is 2.02. The van der Waals surface area contributed by atoms with Crippen LogP contribution in [0.3, 0.4) is 0 Å². The van der Waals surface area contributed by atoms with E-state index in [0.29, 0.717) is 12.1 Å². The molecule has 2 aromatic carbocycles. The molecule has 0 unspecified atom stereocenters. The molecule has 4 heteroatoms. The largest absolute Gasteiger partial charge is 0.282 e. The number of nitrogens with zero attached hydrogens (tertiary/aromatic N) is 1. The van der Waals surface area contributed by atoms with E-state index in [9.17, 15) is 8.42 Å². The van der Waals surface area contributed by atoms with E-state index in [1.54, 1.807) is 24.3 Å². The summed E-state index contributed by atoms with van der Waals surface area (Å²) in [7, 11) is -3.66. The van der Waals surface area contributed by atoms with Crippen LogP contribution in [0.1, 0.15) is 30.9 Å². The molecule has 0 N–H and O–H groups in total. The molecule has 0 aliphatic heterocycles. The van der Waals surface area contributed by atoms with Crippen molar-refractivity contribution in [3.8, 4) is 0 Å². The standard InChI is InChI=1S/C17H19NO2S/c1-3-7-17(15-8-5-4-6-9-15)18-21(19,20)16-12-10-14(2)11-13-16/h4-6,8-13H,3,7H2,1-2H3/b18-17-. The normalized spacial score (nSPS) is 12.4. The zero-order chi connectivity index (χ0) is 15.3. The van der Waals surface area contributed by atoms with Crippen LogP contribution in [0.15, 0.2) is 63.9 Å². The number of rotatable bonds is 5. The summed E-state index contributed by atoms with van der Waals surface area (Å²) in [4.78, 5) is 0.234. The molecule has 2 rings (SSSR count). The maximum atomic E-state index is 12.4. The topological polar surface area (TPSA) is 46.5 Å². The fourth-order valence-corrected chi connectivity index (χ4v) is 3.09. The second-order valence-electron chi connectivity index (χ2n) is 4.94. The molecule has 2 aromatic rings. The lowest BCUT2D eigenvalue weighted by Gasteiger charge is -2.06. The molecule has 3 nitrogen and oxygen atoms in total. The predicted molar refractivity (Wildman–Crippen MR) is 86.3 cm³/mol. The first-order valence-corrected chi connectivity index (χ1v) is 8.43. The smallest absolute Gasteiger partial charge is 0.199 e. The highest BCUT2D eigenvalue weighted by Crippen LogP contribution is 2.16. The molecule has 0 aliphatic carbocycles. The highest BCUT2D eigenvalue weighted by molar-refractivity contribution is 7.90. The van der Waals surface area contributed by atoms with Crippen molar-refractivity contribution in [1.82, 2.24) is 0 Å². The maximum Gasteiger partial charge on any atom is 0.282 e. The van der Waals surface area contributed by atoms with Gasteiger partial charge in [-0.3, -0.25) is 0 Å². The van der Waals surface area contributed by atoms with E-state index >= 15 is 0 Å². The van der Waals surface area contributed by atoms with Gasteiger partial charge in [0.1, 0.15) is 0 Å². The van der Waals surface area contributed by atoms with E-state index in [0.717, 1.165) is 17.5 Å². The molecule has 0 heterocycles. The van der Waals surface area contributed by atoms with Crippen LogP contribution in [-0.2, 0) is 10.0 Å². The molecule has 0 saturated heterocycles. The average molecular weight is 301 g/mol. The zero-order valence-corrected chi connectivity index (χ0v) is 13.1. The monoisotopic (exact) mass is 301 g/mol. The minimum atomic E-state index is -3.66. The summed E-state index contributed by atoms with van der Waals surface area (Å²) in [6, 6.07) is 16.2. The fraction of sp³-hybridized carbons (Fsp3) is 0.235. The van der Waals surface area contributed by atoms with Gasteiger partial charge < -0.3 is 0 Å². The van der Waals surface area contributed by atoms with E-state index in [4.69, 9.17) is 0 Å². The molecule has 110 valence electrons. The van der Waals surface area contributed by atoms with Crippen molar-refractivity contribution in [2.75, 3.05) is 0 Å². The summed E-state index contributed by atoms with van der Waals surface area (Å²) in [6.45, 7) is 3.93. The summed E-state index contributed by atoms with van der Waals surface area (Å²) in [5, 5.41) is 0. The number of sulfonamides is 1. The van der Waals surface area contributed by atoms with Crippen molar-refractivity contribution in [1.29, 1.82) is 0 Å². The molecule has 0 saturated carbocycles. The van der Waals surface area contributed by atoms with Crippen molar-refractivity contribution in [3.63, 3.8) is 0 Å². The molecule has 0 atom stereocenters. The van der Waals surface area contributed by atoms with Crippen LogP contribution < -0.4 is 0 Å². The Morgan fingerprint density at radius 3 is 2.19 bits per heavy atom. The van der Waals surface area contributed by atoms with Gasteiger partial charge in [0.15, 0.2) is 0 Å². The maximum absolute atomic E-state index is 12.4. The molecule has 0 fully saturated rings. The summed E-state index contributed by atoms with van der Waals surface area (Å²) in [5.74, 6) is 0. The van der Waals surface area contributed by atoms with Crippen molar-refractivity contribution in [3.05, 3.63) is 65.7 Å². The SMILES string of the molecule is CCC/C(=N/S(=O)(=O)c1ccc(C)cc1)c1ccccc1. The van der Waals surface area contributed by atoms with Gasteiger partial charge >= 0.3 is 0 Å². The Labute approximate surface area is 126 Å². The Balaban J connectivity index is 2.44. The highest BCUT2D eigenvalue weighted by atomic mass is 32.2. The average Bonchev–Trinajstić information content (AvgIpc) is 2.48. The lowest BCUT2D eigenvalue weighted by atomic mass is 10.1. The quantitative estimate of drug-likeness (QED) is 0.784. The van der Waals surface area contributed by atoms with Gasteiger partial charge in [-0.1, -0.05) is 61.4 Å². The van der Waals surface area contributed by atoms with E-state index < -0.39 is 10.0 Å². The molecule has 0 spiro atoms. The van der Waals surface area contributed by atoms with Crippen LogP contribution in [0.4, 0.5) is 0 Å². The number of hydrogen-bond acceptors (Lipinski definition) is 2. The summed E-state index contributed by atoms with van der Waals surface area (Å²) in [5.41, 5.74) is 2.49. The second-order valence-corrected chi connectivity index (χ2v) is 6.55. The van der Waals surface area contributed by atoms with Gasteiger partial charge in [0.05, 0.1) is 10.6 Å². The molecule has 0 bridgehead atoms. The summed E-state index contributed by atoms with van der Waals surface area (Å²) in [6.07, 6.45) is 1.48. The van der Waals surface area contributed by atoms with Gasteiger partial charge in [-0.25, -0.2) is 0 Å². The number of aryl methyl sites for hydroxylation is 1. The van der Waals surface area contributed by atoms with Crippen LogP contribution in [-0.4, -0.2) is 14.1 Å². The van der Waals surface area contributed by atoms with E-state index in [2.05, 4.69) is 4.40 Å². The van der Waals surface area contributed by atoms with Gasteiger partial charge in [-0.2, -0.15) is 12.8 Å². The second kappa shape index (κ2) is 6.68. The van der Waals surface area contributed by atoms with Gasteiger partial charge in [0.25, 0.3) is 10.0 Å². The first kappa shape index (κ1) is 15.4. The van der Waals surface area contributed by atoms with E-state index in [1.807, 2.05) is 44.2 Å². The Kier molecular flexibility index (Phi) is 4.91. The van der Waals surface area contributed by atoms with Gasteiger partial charge in [0.2, 0.25) is 0 Å². The lowest BCUT2D eigenvalue weighted by molar-refractivity contribution is 0.598. The third-order valence-corrected chi connectivity index (χ3v) is 4.47. The number of benzene rings is 2. The molecule has 0 radical (unpaired) electrons. The Hall–Kier alpha value is -1.94.